The molecule has 0 spiro atoms. The maximum absolute atomic E-state index is 14.4. The van der Waals surface area contributed by atoms with Crippen molar-refractivity contribution in [1.29, 1.82) is 0 Å². The van der Waals surface area contributed by atoms with Crippen LogP contribution in [0.5, 0.6) is 0 Å². The van der Waals surface area contributed by atoms with Gasteiger partial charge in [0.05, 0.1) is 30.1 Å². The van der Waals surface area contributed by atoms with Crippen LogP contribution in [0.4, 0.5) is 10.1 Å². The van der Waals surface area contributed by atoms with Gasteiger partial charge >= 0.3 is 0 Å². The molecule has 1 aromatic heterocycles. The zero-order valence-electron chi connectivity index (χ0n) is 15.4. The van der Waals surface area contributed by atoms with Gasteiger partial charge in [0.2, 0.25) is 0 Å². The number of hydrogen-bond acceptors (Lipinski definition) is 4. The molecule has 142 valence electrons. The lowest BCUT2D eigenvalue weighted by atomic mass is 10.00. The number of likely N-dealkylation sites (N-methyl/N-ethyl adjacent to an activating group) is 1. The second-order valence-electron chi connectivity index (χ2n) is 6.67. The minimum absolute atomic E-state index is 0.0683. The van der Waals surface area contributed by atoms with Gasteiger partial charge in [-0.05, 0) is 24.3 Å². The van der Waals surface area contributed by atoms with Gasteiger partial charge in [0.1, 0.15) is 12.1 Å². The van der Waals surface area contributed by atoms with E-state index in [0.717, 1.165) is 11.3 Å². The van der Waals surface area contributed by atoms with Gasteiger partial charge < -0.3 is 14.6 Å². The maximum Gasteiger partial charge on any atom is 0.254 e. The van der Waals surface area contributed by atoms with Crippen molar-refractivity contribution in [1.82, 2.24) is 5.32 Å². The highest BCUT2D eigenvalue weighted by molar-refractivity contribution is 6.16. The quantitative estimate of drug-likeness (QED) is 0.757. The standard InChI is InChI=1S/C22H20FN3O2/c1-26-16(13-25-22(27)15-10-11-28-14-15)12-24-21(17-6-2-4-8-19(17)23)18-7-3-5-9-20(18)26/h2-11,14,16H,12-13H2,1H3,(H,25,27). The Bertz CT molecular complexity index is 1010. The van der Waals surface area contributed by atoms with E-state index in [1.54, 1.807) is 24.3 Å². The Labute approximate surface area is 162 Å². The van der Waals surface area contributed by atoms with E-state index < -0.39 is 0 Å². The van der Waals surface area contributed by atoms with Crippen LogP contribution in [0.25, 0.3) is 0 Å². The summed E-state index contributed by atoms with van der Waals surface area (Å²) in [7, 11) is 1.97. The van der Waals surface area contributed by atoms with Gasteiger partial charge in [0, 0.05) is 30.4 Å². The normalized spacial score (nSPS) is 16.1. The SMILES string of the molecule is CN1c2ccccc2C(c2ccccc2F)=NCC1CNC(=O)c1ccoc1. The number of fused-ring (bicyclic) bond motifs is 1. The van der Waals surface area contributed by atoms with Crippen molar-refractivity contribution in [2.75, 3.05) is 25.0 Å². The Balaban J connectivity index is 1.64. The Hall–Kier alpha value is -3.41. The second-order valence-corrected chi connectivity index (χ2v) is 6.67. The number of benzene rings is 2. The predicted octanol–water partition coefficient (Wildman–Crippen LogP) is 3.50. The fraction of sp³-hybridized carbons (Fsp3) is 0.182. The molecule has 5 nitrogen and oxygen atoms in total. The lowest BCUT2D eigenvalue weighted by Crippen LogP contribution is -2.43. The summed E-state index contributed by atoms with van der Waals surface area (Å²) in [6, 6.07) is 16.0. The number of carbonyl (C=O) groups is 1. The number of carbonyl (C=O) groups excluding carboxylic acids is 1. The van der Waals surface area contributed by atoms with Crippen LogP contribution in [-0.2, 0) is 0 Å². The van der Waals surface area contributed by atoms with E-state index in [1.165, 1.54) is 18.6 Å². The average molecular weight is 377 g/mol. The van der Waals surface area contributed by atoms with E-state index in [1.807, 2.05) is 31.3 Å². The summed E-state index contributed by atoms with van der Waals surface area (Å²) in [5.41, 5.74) is 3.41. The molecule has 2 aromatic carbocycles. The Morgan fingerprint density at radius 3 is 2.68 bits per heavy atom. The van der Waals surface area contributed by atoms with E-state index in [9.17, 15) is 9.18 Å². The monoisotopic (exact) mass is 377 g/mol. The summed E-state index contributed by atoms with van der Waals surface area (Å²) in [4.78, 5) is 19.1. The van der Waals surface area contributed by atoms with Crippen molar-refractivity contribution in [3.63, 3.8) is 0 Å². The predicted molar refractivity (Wildman–Crippen MR) is 107 cm³/mol. The first kappa shape index (κ1) is 18.0. The van der Waals surface area contributed by atoms with Crippen LogP contribution in [0.1, 0.15) is 21.5 Å². The summed E-state index contributed by atoms with van der Waals surface area (Å²) in [6.07, 6.45) is 2.88. The molecule has 1 unspecified atom stereocenters. The van der Waals surface area contributed by atoms with Crippen molar-refractivity contribution in [2.24, 2.45) is 4.99 Å². The first-order valence-electron chi connectivity index (χ1n) is 9.07. The van der Waals surface area contributed by atoms with Crippen molar-refractivity contribution in [2.45, 2.75) is 6.04 Å². The lowest BCUT2D eigenvalue weighted by Gasteiger charge is -2.28. The summed E-state index contributed by atoms with van der Waals surface area (Å²) in [6.45, 7) is 0.837. The molecular weight excluding hydrogens is 357 g/mol. The lowest BCUT2D eigenvalue weighted by molar-refractivity contribution is 0.0951. The molecule has 1 atom stereocenters. The number of rotatable bonds is 4. The van der Waals surface area contributed by atoms with Crippen molar-refractivity contribution >= 4 is 17.3 Å². The van der Waals surface area contributed by atoms with Crippen LogP contribution in [0.15, 0.2) is 76.5 Å². The van der Waals surface area contributed by atoms with Gasteiger partial charge in [-0.25, -0.2) is 4.39 Å². The van der Waals surface area contributed by atoms with Crippen LogP contribution in [0.2, 0.25) is 0 Å². The number of nitrogens with one attached hydrogen (secondary N) is 1. The third kappa shape index (κ3) is 3.41. The second kappa shape index (κ2) is 7.68. The largest absolute Gasteiger partial charge is 0.472 e. The molecule has 1 aliphatic heterocycles. The Morgan fingerprint density at radius 1 is 1.18 bits per heavy atom. The zero-order valence-corrected chi connectivity index (χ0v) is 15.4. The third-order valence-electron chi connectivity index (χ3n) is 4.96. The first-order valence-corrected chi connectivity index (χ1v) is 9.07. The topological polar surface area (TPSA) is 57.8 Å². The smallest absolute Gasteiger partial charge is 0.254 e. The molecule has 1 amide bonds. The number of furan rings is 1. The van der Waals surface area contributed by atoms with E-state index in [0.29, 0.717) is 29.9 Å². The highest BCUT2D eigenvalue weighted by atomic mass is 19.1. The number of aliphatic imine (C=N–C) groups is 1. The molecule has 0 saturated heterocycles. The number of halogens is 1. The number of benzodiazepines with no additional fused rings is 1. The van der Waals surface area contributed by atoms with E-state index in [4.69, 9.17) is 9.41 Å². The van der Waals surface area contributed by atoms with Gasteiger partial charge in [0.25, 0.3) is 5.91 Å². The molecule has 0 fully saturated rings. The average Bonchev–Trinajstić information content (AvgIpc) is 3.22. The molecule has 1 N–H and O–H groups in total. The molecule has 6 heteroatoms. The van der Waals surface area contributed by atoms with E-state index in [2.05, 4.69) is 10.2 Å². The van der Waals surface area contributed by atoms with Crippen LogP contribution >= 0.6 is 0 Å². The molecule has 3 aromatic rings. The van der Waals surface area contributed by atoms with E-state index >= 15 is 0 Å². The molecule has 1 aliphatic rings. The molecule has 4 rings (SSSR count). The zero-order chi connectivity index (χ0) is 19.5. The Morgan fingerprint density at radius 2 is 1.93 bits per heavy atom. The van der Waals surface area contributed by atoms with Crippen LogP contribution < -0.4 is 10.2 Å². The Kier molecular flexibility index (Phi) is 4.93. The number of nitrogens with zero attached hydrogens (tertiary/aromatic N) is 2. The minimum atomic E-state index is -0.301. The van der Waals surface area contributed by atoms with Crippen LogP contribution in [0.3, 0.4) is 0 Å². The first-order chi connectivity index (χ1) is 13.6. The molecule has 28 heavy (non-hydrogen) atoms. The highest BCUT2D eigenvalue weighted by Gasteiger charge is 2.25. The fourth-order valence-electron chi connectivity index (χ4n) is 3.37. The maximum atomic E-state index is 14.4. The number of para-hydroxylation sites is 1. The number of anilines is 1. The molecule has 0 aliphatic carbocycles. The van der Waals surface area contributed by atoms with Gasteiger partial charge in [-0.2, -0.15) is 0 Å². The third-order valence-corrected chi connectivity index (χ3v) is 4.96. The molecule has 0 radical (unpaired) electrons. The van der Waals surface area contributed by atoms with Crippen molar-refractivity contribution in [3.8, 4) is 0 Å². The van der Waals surface area contributed by atoms with Crippen molar-refractivity contribution in [3.05, 3.63) is 89.6 Å². The molecule has 0 bridgehead atoms. The summed E-state index contributed by atoms with van der Waals surface area (Å²) >= 11 is 0. The summed E-state index contributed by atoms with van der Waals surface area (Å²) < 4.78 is 19.4. The van der Waals surface area contributed by atoms with Gasteiger partial charge in [0.15, 0.2) is 0 Å². The molecule has 2 heterocycles. The summed E-state index contributed by atoms with van der Waals surface area (Å²) in [5, 5.41) is 2.93. The summed E-state index contributed by atoms with van der Waals surface area (Å²) in [5.74, 6) is -0.497. The number of amides is 1. The van der Waals surface area contributed by atoms with Crippen molar-refractivity contribution < 1.29 is 13.6 Å². The fourth-order valence-corrected chi connectivity index (χ4v) is 3.37. The van der Waals surface area contributed by atoms with Crippen LogP contribution in [0, 0.1) is 5.82 Å². The minimum Gasteiger partial charge on any atom is -0.472 e. The molecule has 0 saturated carbocycles. The molecular formula is C22H20FN3O2. The van der Waals surface area contributed by atoms with Crippen LogP contribution in [-0.4, -0.2) is 37.8 Å². The highest BCUT2D eigenvalue weighted by Crippen LogP contribution is 2.28. The van der Waals surface area contributed by atoms with Gasteiger partial charge in [-0.1, -0.05) is 30.3 Å². The van der Waals surface area contributed by atoms with Gasteiger partial charge in [-0.3, -0.25) is 9.79 Å². The van der Waals surface area contributed by atoms with E-state index in [-0.39, 0.29) is 17.8 Å². The number of hydrogen-bond donors (Lipinski definition) is 1. The van der Waals surface area contributed by atoms with Gasteiger partial charge in [-0.15, -0.1) is 0 Å².